The second kappa shape index (κ2) is 55.2. The maximum atomic E-state index is 12.6. The van der Waals surface area contributed by atoms with Gasteiger partial charge in [0.1, 0.15) is 5.75 Å². The van der Waals surface area contributed by atoms with Gasteiger partial charge in [-0.1, -0.05) is 447 Å². The number of halogens is 7. The Hall–Kier alpha value is -11.4. The van der Waals surface area contributed by atoms with Crippen molar-refractivity contribution in [2.75, 3.05) is 13.1 Å². The van der Waals surface area contributed by atoms with Gasteiger partial charge < -0.3 is 38.5 Å². The first-order valence-electron chi connectivity index (χ1n) is 44.7. The van der Waals surface area contributed by atoms with Crippen molar-refractivity contribution in [3.63, 3.8) is 0 Å². The first-order chi connectivity index (χ1) is 67.4. The number of rotatable bonds is 18. The molecule has 140 heavy (non-hydrogen) atoms. The maximum Gasteiger partial charge on any atom is 2.00 e. The van der Waals surface area contributed by atoms with Crippen molar-refractivity contribution in [3.05, 3.63) is 510 Å². The van der Waals surface area contributed by atoms with Crippen LogP contribution >= 0.6 is 78.1 Å². The zero-order valence-corrected chi connectivity index (χ0v) is 87.8. The van der Waals surface area contributed by atoms with Gasteiger partial charge in [0, 0.05) is 71.5 Å². The molecule has 0 aromatic heterocycles. The molecule has 0 unspecified atom stereocenters. The molecule has 0 bridgehead atoms. The van der Waals surface area contributed by atoms with E-state index < -0.39 is 53.1 Å². The van der Waals surface area contributed by atoms with Gasteiger partial charge in [-0.2, -0.15) is 26.9 Å². The standard InChI is InChI=1S/C21H18Cl2F3NO4S.C21H18Cl2N2O.4C18H15P.2CN.Pd.Zn/c22-12-3-1-11(2-4-12)19-15(7-8-16-17(19)10-27-20(16)28)14-6-5-13(9-18(14)23)31-32(29,30)21(24,25)26;22-14-4-2-13(3-5-14)20-16(7-8-17-18(20)11-25-21(17)26)15-6-1-12(10-24)9-19(15)23;4*1-4-10-16(11-5-1)19(17-12-6-2-7-13-17)18-14-8-3-9-15-18;2*1-2;;/h1-6,9,15-17,19H,7-8,10H2,(H,27,28);1-6,9,16-18,20H,7-8,11H2,(H,25,26);4*1-15H;;;;/q;;;;;;2*-1;;+2/t15-,16+,17+,19-;16-,17+,18+,20-;;;;;;;;/m00......../s1. The molecule has 24 heteroatoms. The number of carbonyl (C=O) groups is 2. The van der Waals surface area contributed by atoms with Crippen LogP contribution in [0.2, 0.25) is 20.1 Å². The number of hydrogen-bond acceptors (Lipinski definition) is 8. The summed E-state index contributed by atoms with van der Waals surface area (Å²) < 4.78 is 64.7. The minimum Gasteiger partial charge on any atom is -0.512 e. The predicted octanol–water partition coefficient (Wildman–Crippen LogP) is 24.1. The van der Waals surface area contributed by atoms with Crippen molar-refractivity contribution < 1.29 is 75.3 Å². The number of fused-ring (bicyclic) bond motifs is 2. The molecule has 0 spiro atoms. The summed E-state index contributed by atoms with van der Waals surface area (Å²) in [6, 6.07) is 156. The molecule has 0 radical (unpaired) electrons. The smallest absolute Gasteiger partial charge is 0.512 e. The first-order valence-corrected chi connectivity index (χ1v) is 53.0. The topological polar surface area (TPSA) is 173 Å². The summed E-state index contributed by atoms with van der Waals surface area (Å²) in [4.78, 5) is 24.5. The molecule has 2 heterocycles. The minimum atomic E-state index is -5.80. The molecule has 16 aromatic rings. The van der Waals surface area contributed by atoms with E-state index in [-0.39, 0.29) is 104 Å². The molecule has 10 nitrogen and oxygen atoms in total. The molecule has 702 valence electrons. The Morgan fingerprint density at radius 3 is 0.743 bits per heavy atom. The van der Waals surface area contributed by atoms with Crippen LogP contribution in [-0.4, -0.2) is 38.8 Å². The third-order valence-corrected chi connectivity index (χ3v) is 36.1. The zero-order valence-electron chi connectivity index (χ0n) is 75.8. The first kappa shape index (κ1) is 109. The molecule has 2 N–H and O–H groups in total. The second-order valence-electron chi connectivity index (χ2n) is 32.4. The predicted molar refractivity (Wildman–Crippen MR) is 566 cm³/mol. The molecule has 4 aliphatic rings. The van der Waals surface area contributed by atoms with E-state index in [0.717, 1.165) is 36.1 Å². The Balaban J connectivity index is 0.000000161. The van der Waals surface area contributed by atoms with E-state index in [4.69, 9.17) is 75.3 Å². The van der Waals surface area contributed by atoms with Gasteiger partial charge in [0.2, 0.25) is 11.8 Å². The van der Waals surface area contributed by atoms with Crippen LogP contribution in [0.1, 0.15) is 77.2 Å². The molecule has 2 amide bonds. The molecular formula is C116H96Cl4F3N5O5P4PdSZn. The van der Waals surface area contributed by atoms with Crippen molar-refractivity contribution in [3.8, 4) is 11.8 Å². The number of alkyl halides is 3. The van der Waals surface area contributed by atoms with Crippen molar-refractivity contribution in [1.82, 2.24) is 10.6 Å². The molecular weight excluding hydrogens is 2070 g/mol. The Bertz CT molecular complexity index is 5870. The van der Waals surface area contributed by atoms with Crippen LogP contribution in [0.15, 0.2) is 449 Å². The molecule has 2 saturated heterocycles. The van der Waals surface area contributed by atoms with Gasteiger partial charge in [-0.25, -0.2) is 0 Å². The normalized spacial score (nSPS) is 16.8. The van der Waals surface area contributed by atoms with E-state index in [0.29, 0.717) is 52.1 Å². The summed E-state index contributed by atoms with van der Waals surface area (Å²) in [5, 5.41) is 46.3. The van der Waals surface area contributed by atoms with Crippen LogP contribution in [0.5, 0.6) is 5.75 Å². The van der Waals surface area contributed by atoms with E-state index in [9.17, 15) is 31.2 Å². The van der Waals surface area contributed by atoms with Gasteiger partial charge in [0.25, 0.3) is 0 Å². The van der Waals surface area contributed by atoms with Crippen molar-refractivity contribution in [1.29, 1.82) is 15.8 Å². The van der Waals surface area contributed by atoms with E-state index in [2.05, 4.69) is 397 Å². The van der Waals surface area contributed by atoms with E-state index in [1.165, 1.54) is 75.3 Å². The fourth-order valence-corrected chi connectivity index (χ4v) is 28.7. The average molecular weight is 2170 g/mol. The van der Waals surface area contributed by atoms with Crippen molar-refractivity contribution >= 4 is 164 Å². The summed E-state index contributed by atoms with van der Waals surface area (Å²) >= 11 is 25.0. The third kappa shape index (κ3) is 29.0. The van der Waals surface area contributed by atoms with Crippen LogP contribution in [0.4, 0.5) is 13.2 Å². The van der Waals surface area contributed by atoms with Crippen LogP contribution in [0.3, 0.4) is 0 Å². The monoisotopic (exact) mass is 2160 g/mol. The van der Waals surface area contributed by atoms with Crippen LogP contribution in [-0.2, 0) is 59.6 Å². The third-order valence-electron chi connectivity index (χ3n) is 24.2. The molecule has 8 atom stereocenters. The summed E-state index contributed by atoms with van der Waals surface area (Å²) in [7, 11) is -7.58. The SMILES string of the molecule is N#Cc1ccc([C@@H]2CC[C@H]3C(=O)NC[C@H]3[C@H]2c2ccc(Cl)cc2)c(Cl)c1.O=C1NC[C@H]2[C@@H](c3ccc(Cl)cc3)[C@H](c3ccc(OS(=O)(=O)C(F)(F)F)cc3Cl)CC[C@@H]12.[C-]#N.[C-]#N.[Pd].[Zn+2].c1ccc(P(c2ccccc2)c2ccccc2)cc1.c1ccc(P(c2ccccc2)c2ccccc2)cc1.c1ccc(P(c2ccccc2)c2ccccc2)cc1.c1ccc(P(c2ccccc2)c2ccccc2)cc1. The quantitative estimate of drug-likeness (QED) is 0.0281. The molecule has 16 aromatic carbocycles. The van der Waals surface area contributed by atoms with Gasteiger partial charge >= 0.3 is 35.1 Å². The number of benzene rings is 16. The number of amides is 2. The molecule has 2 aliphatic carbocycles. The number of hydrogen-bond donors (Lipinski definition) is 2. The Morgan fingerprint density at radius 1 is 0.321 bits per heavy atom. The van der Waals surface area contributed by atoms with E-state index >= 15 is 0 Å². The van der Waals surface area contributed by atoms with Crippen LogP contribution in [0.25, 0.3) is 0 Å². The van der Waals surface area contributed by atoms with Crippen LogP contribution in [0, 0.1) is 58.7 Å². The fourth-order valence-electron chi connectivity index (χ4n) is 18.2. The summed E-state index contributed by atoms with van der Waals surface area (Å²) in [5.74, 6) is 0.0202. The molecule has 20 rings (SSSR count). The Morgan fingerprint density at radius 2 is 0.536 bits per heavy atom. The van der Waals surface area contributed by atoms with Crippen molar-refractivity contribution in [2.24, 2.45) is 23.7 Å². The second-order valence-corrected chi connectivity index (χ2v) is 44.5. The van der Waals surface area contributed by atoms with E-state index in [1.54, 1.807) is 18.2 Å². The number of nitriles is 1. The van der Waals surface area contributed by atoms with Gasteiger partial charge in [0.15, 0.2) is 0 Å². The zero-order chi connectivity index (χ0) is 97.2. The fraction of sp³-hybridized carbons (Fsp3) is 0.129. The van der Waals surface area contributed by atoms with E-state index in [1.807, 2.05) is 36.4 Å². The van der Waals surface area contributed by atoms with Gasteiger partial charge in [-0.3, -0.25) is 9.59 Å². The molecule has 2 saturated carbocycles. The molecule has 2 aliphatic heterocycles. The minimum absolute atomic E-state index is 0. The van der Waals surface area contributed by atoms with Gasteiger partial charge in [-0.05, 0) is 221 Å². The Labute approximate surface area is 871 Å². The van der Waals surface area contributed by atoms with Crippen LogP contribution < -0.4 is 78.5 Å². The summed E-state index contributed by atoms with van der Waals surface area (Å²) in [5.41, 5.74) is -1.11. The summed E-state index contributed by atoms with van der Waals surface area (Å²) in [6.45, 7) is 10.7. The summed E-state index contributed by atoms with van der Waals surface area (Å²) in [6.07, 6.45) is 3.03. The van der Waals surface area contributed by atoms with Gasteiger partial charge in [0.05, 0.1) is 11.6 Å². The largest absolute Gasteiger partial charge is 2.00 e. The number of nitrogens with zero attached hydrogens (tertiary/aromatic N) is 3. The van der Waals surface area contributed by atoms with Crippen molar-refractivity contribution in [2.45, 2.75) is 54.9 Å². The maximum absolute atomic E-state index is 12.6. The number of carbonyl (C=O) groups excluding carboxylic acids is 2. The average Bonchev–Trinajstić information content (AvgIpc) is 1.65. The van der Waals surface area contributed by atoms with Gasteiger partial charge in [-0.15, -0.1) is 0 Å². The number of nitrogens with one attached hydrogen (secondary N) is 2. The Kier molecular flexibility index (Phi) is 43.0. The molecule has 4 fully saturated rings.